The van der Waals surface area contributed by atoms with Crippen LogP contribution in [0.15, 0.2) is 0 Å². The predicted molar refractivity (Wildman–Crippen MR) is 161 cm³/mol. The van der Waals surface area contributed by atoms with Gasteiger partial charge in [-0.1, -0.05) is 138 Å². The highest BCUT2D eigenvalue weighted by Crippen LogP contribution is 2.72. The summed E-state index contributed by atoms with van der Waals surface area (Å²) >= 11 is 0. The van der Waals surface area contributed by atoms with Crippen LogP contribution in [0.25, 0.3) is 0 Å². The molecule has 1 aliphatic rings. The first-order valence-electron chi connectivity index (χ1n) is 15.2. The summed E-state index contributed by atoms with van der Waals surface area (Å²) < 4.78 is 0. The van der Waals surface area contributed by atoms with E-state index in [0.29, 0.717) is 16.2 Å². The van der Waals surface area contributed by atoms with E-state index < -0.39 is 0 Å². The van der Waals surface area contributed by atoms with E-state index in [9.17, 15) is 0 Å². The third-order valence-electron chi connectivity index (χ3n) is 12.3. The Kier molecular flexibility index (Phi) is 9.39. The monoisotopic (exact) mass is 491 g/mol. The summed E-state index contributed by atoms with van der Waals surface area (Å²) in [6.07, 6.45) is 5.43. The second-order valence-electron chi connectivity index (χ2n) is 18.3. The Hall–Kier alpha value is 0. The molecule has 0 aromatic carbocycles. The van der Waals surface area contributed by atoms with Crippen molar-refractivity contribution in [1.29, 1.82) is 0 Å². The average Bonchev–Trinajstić information content (AvgIpc) is 3.17. The van der Waals surface area contributed by atoms with E-state index in [4.69, 9.17) is 0 Å². The fourth-order valence-corrected chi connectivity index (χ4v) is 9.89. The van der Waals surface area contributed by atoms with E-state index in [0.717, 1.165) is 29.6 Å². The van der Waals surface area contributed by atoms with Gasteiger partial charge in [-0.05, 0) is 86.8 Å². The van der Waals surface area contributed by atoms with Crippen molar-refractivity contribution in [3.63, 3.8) is 0 Å². The molecule has 0 aromatic rings. The fraction of sp³-hybridized carbons (Fsp3) is 1.00. The maximum Gasteiger partial charge on any atom is -0.0152 e. The molecule has 0 heteroatoms. The standard InChI is InChI=1S/C35H70/c1-24(2)26(4)28-27(5)34(28,25(3)23-33(18,19)29(6,7)8)21-20-22-35(30(9,10)11,31(12,13)14)32(15,16)17/h24-28H,20-23H2,1-19H3/t25-,26+,27?,28+,34?/m1/s1. The van der Waals surface area contributed by atoms with Gasteiger partial charge in [0.25, 0.3) is 0 Å². The molecule has 0 amide bonds. The van der Waals surface area contributed by atoms with Crippen molar-refractivity contribution in [3.05, 3.63) is 0 Å². The van der Waals surface area contributed by atoms with Crippen molar-refractivity contribution in [2.75, 3.05) is 0 Å². The normalized spacial score (nSPS) is 26.7. The maximum atomic E-state index is 2.63. The molecule has 1 rings (SSSR count). The molecule has 1 saturated carbocycles. The second-order valence-corrected chi connectivity index (χ2v) is 18.3. The minimum atomic E-state index is 0.260. The van der Waals surface area contributed by atoms with Crippen molar-refractivity contribution < 1.29 is 0 Å². The first-order chi connectivity index (χ1) is 15.2. The minimum Gasteiger partial charge on any atom is -0.0625 e. The molecule has 2 unspecified atom stereocenters. The van der Waals surface area contributed by atoms with Crippen LogP contribution in [0.4, 0.5) is 0 Å². The smallest absolute Gasteiger partial charge is 0.0152 e. The molecular formula is C35H70. The van der Waals surface area contributed by atoms with Crippen LogP contribution in [0.2, 0.25) is 0 Å². The van der Waals surface area contributed by atoms with Crippen molar-refractivity contribution in [1.82, 2.24) is 0 Å². The van der Waals surface area contributed by atoms with Crippen molar-refractivity contribution in [2.24, 2.45) is 67.5 Å². The van der Waals surface area contributed by atoms with Crippen LogP contribution in [0.3, 0.4) is 0 Å². The van der Waals surface area contributed by atoms with Gasteiger partial charge in [0.15, 0.2) is 0 Å². The molecule has 0 spiro atoms. The number of hydrogen-bond acceptors (Lipinski definition) is 0. The fourth-order valence-electron chi connectivity index (χ4n) is 9.89. The zero-order chi connectivity index (χ0) is 28.2. The lowest BCUT2D eigenvalue weighted by Gasteiger charge is -2.62. The Balaban J connectivity index is 3.40. The van der Waals surface area contributed by atoms with Crippen LogP contribution in [-0.4, -0.2) is 0 Å². The predicted octanol–water partition coefficient (Wildman–Crippen LogP) is 11.9. The topological polar surface area (TPSA) is 0 Å². The van der Waals surface area contributed by atoms with Gasteiger partial charge < -0.3 is 0 Å². The first-order valence-corrected chi connectivity index (χ1v) is 15.2. The van der Waals surface area contributed by atoms with Gasteiger partial charge in [-0.2, -0.15) is 0 Å². The molecule has 0 nitrogen and oxygen atoms in total. The zero-order valence-electron chi connectivity index (χ0n) is 28.2. The summed E-state index contributed by atoms with van der Waals surface area (Å²) in [7, 11) is 0. The highest BCUT2D eigenvalue weighted by Gasteiger charge is 2.66. The molecule has 5 atom stereocenters. The lowest BCUT2D eigenvalue weighted by atomic mass is 9.43. The van der Waals surface area contributed by atoms with Crippen molar-refractivity contribution in [2.45, 2.75) is 157 Å². The lowest BCUT2D eigenvalue weighted by Crippen LogP contribution is -2.54. The Morgan fingerprint density at radius 2 is 1.03 bits per heavy atom. The van der Waals surface area contributed by atoms with Crippen LogP contribution in [0.5, 0.6) is 0 Å². The van der Waals surface area contributed by atoms with E-state index in [1.165, 1.54) is 25.7 Å². The molecule has 0 aliphatic heterocycles. The third-order valence-corrected chi connectivity index (χ3v) is 12.3. The van der Waals surface area contributed by atoms with Crippen LogP contribution in [-0.2, 0) is 0 Å². The van der Waals surface area contributed by atoms with Gasteiger partial charge in [0, 0.05) is 0 Å². The minimum absolute atomic E-state index is 0.260. The SMILES string of the molecule is CC(C)[C@H](C)[C@H]1C(C)C1(CCCC(C(C)(C)C)(C(C)(C)C)C(C)(C)C)[C@H](C)CC(C)(C)C(C)(C)C. The molecule has 1 fully saturated rings. The Labute approximate surface area is 224 Å². The first kappa shape index (κ1) is 33.0. The largest absolute Gasteiger partial charge is 0.0625 e. The summed E-state index contributed by atoms with van der Waals surface area (Å²) in [4.78, 5) is 0. The van der Waals surface area contributed by atoms with E-state index in [1.54, 1.807) is 0 Å². The van der Waals surface area contributed by atoms with Crippen LogP contribution >= 0.6 is 0 Å². The van der Waals surface area contributed by atoms with E-state index in [-0.39, 0.29) is 21.7 Å². The highest BCUT2D eigenvalue weighted by atomic mass is 14.7. The number of hydrogen-bond donors (Lipinski definition) is 0. The van der Waals surface area contributed by atoms with E-state index >= 15 is 0 Å². The third kappa shape index (κ3) is 5.87. The van der Waals surface area contributed by atoms with Gasteiger partial charge in [0.05, 0.1) is 0 Å². The van der Waals surface area contributed by atoms with Crippen LogP contribution < -0.4 is 0 Å². The van der Waals surface area contributed by atoms with Gasteiger partial charge in [0.2, 0.25) is 0 Å². The molecule has 210 valence electrons. The van der Waals surface area contributed by atoms with Gasteiger partial charge >= 0.3 is 0 Å². The molecule has 35 heavy (non-hydrogen) atoms. The molecule has 0 radical (unpaired) electrons. The summed E-state index contributed by atoms with van der Waals surface area (Å²) in [5.41, 5.74) is 2.24. The van der Waals surface area contributed by atoms with Crippen LogP contribution in [0.1, 0.15) is 157 Å². The van der Waals surface area contributed by atoms with E-state index in [1.807, 2.05) is 0 Å². The molecule has 0 N–H and O–H groups in total. The van der Waals surface area contributed by atoms with Crippen LogP contribution in [0, 0.1) is 67.5 Å². The van der Waals surface area contributed by atoms with Crippen molar-refractivity contribution >= 4 is 0 Å². The van der Waals surface area contributed by atoms with Crippen molar-refractivity contribution in [3.8, 4) is 0 Å². The molecule has 0 bridgehead atoms. The summed E-state index contributed by atoms with van der Waals surface area (Å²) in [6, 6.07) is 0. The zero-order valence-corrected chi connectivity index (χ0v) is 28.2. The summed E-state index contributed by atoms with van der Waals surface area (Å²) in [5.74, 6) is 4.07. The van der Waals surface area contributed by atoms with Gasteiger partial charge in [0.1, 0.15) is 0 Å². The van der Waals surface area contributed by atoms with E-state index in [2.05, 4.69) is 132 Å². The molecule has 0 aromatic heterocycles. The van der Waals surface area contributed by atoms with Gasteiger partial charge in [-0.25, -0.2) is 0 Å². The number of rotatable bonds is 9. The second kappa shape index (κ2) is 9.95. The summed E-state index contributed by atoms with van der Waals surface area (Å²) in [5, 5.41) is 0. The molecular weight excluding hydrogens is 420 g/mol. The Morgan fingerprint density at radius 1 is 0.629 bits per heavy atom. The molecule has 0 saturated heterocycles. The Morgan fingerprint density at radius 3 is 1.34 bits per heavy atom. The quantitative estimate of drug-likeness (QED) is 0.301. The molecule has 1 aliphatic carbocycles. The molecule has 0 heterocycles. The Bertz CT molecular complexity index is 641. The van der Waals surface area contributed by atoms with Gasteiger partial charge in [-0.15, -0.1) is 0 Å². The lowest BCUT2D eigenvalue weighted by molar-refractivity contribution is -0.131. The highest BCUT2D eigenvalue weighted by molar-refractivity contribution is 5.14. The summed E-state index contributed by atoms with van der Waals surface area (Å²) in [6.45, 7) is 47.7. The average molecular weight is 491 g/mol. The van der Waals surface area contributed by atoms with Gasteiger partial charge in [-0.3, -0.25) is 0 Å². The maximum absolute atomic E-state index is 2.63.